The summed E-state index contributed by atoms with van der Waals surface area (Å²) >= 11 is 0. The number of hydrogen-bond donors (Lipinski definition) is 2. The Bertz CT molecular complexity index is 412. The van der Waals surface area contributed by atoms with Gasteiger partial charge in [0, 0.05) is 12.1 Å². The molecule has 4 nitrogen and oxygen atoms in total. The summed E-state index contributed by atoms with van der Waals surface area (Å²) in [6, 6.07) is 4.73. The number of phenols is 1. The highest BCUT2D eigenvalue weighted by Gasteiger charge is 2.15. The van der Waals surface area contributed by atoms with Gasteiger partial charge in [-0.05, 0) is 49.7 Å². The molecule has 1 amide bonds. The van der Waals surface area contributed by atoms with Gasteiger partial charge in [-0.2, -0.15) is 0 Å². The molecule has 0 aromatic heterocycles. The van der Waals surface area contributed by atoms with Crippen LogP contribution < -0.4 is 5.73 Å². The van der Waals surface area contributed by atoms with E-state index in [1.54, 1.807) is 12.1 Å². The van der Waals surface area contributed by atoms with Crippen LogP contribution in [0.25, 0.3) is 0 Å². The Kier molecular flexibility index (Phi) is 3.64. The zero-order chi connectivity index (χ0) is 12.3. The van der Waals surface area contributed by atoms with E-state index in [1.807, 2.05) is 0 Å². The fourth-order valence-corrected chi connectivity index (χ4v) is 2.31. The molecule has 0 unspecified atom stereocenters. The standard InChI is InChI=1S/C13H18N2O2/c14-13(17)12-5-4-11(16)8-10(12)9-15-6-2-1-3-7-15/h4-5,8,16H,1-3,6-7,9H2,(H2,14,17). The number of hydrogen-bond acceptors (Lipinski definition) is 3. The summed E-state index contributed by atoms with van der Waals surface area (Å²) < 4.78 is 0. The number of nitrogens with zero attached hydrogens (tertiary/aromatic N) is 1. The van der Waals surface area contributed by atoms with E-state index in [-0.39, 0.29) is 5.75 Å². The van der Waals surface area contributed by atoms with Crippen molar-refractivity contribution < 1.29 is 9.90 Å². The van der Waals surface area contributed by atoms with E-state index in [1.165, 1.54) is 25.3 Å². The highest BCUT2D eigenvalue weighted by atomic mass is 16.3. The first-order valence-electron chi connectivity index (χ1n) is 6.01. The van der Waals surface area contributed by atoms with Crippen LogP contribution in [0.15, 0.2) is 18.2 Å². The molecular formula is C13H18N2O2. The number of piperidine rings is 1. The minimum atomic E-state index is -0.433. The molecule has 92 valence electrons. The summed E-state index contributed by atoms with van der Waals surface area (Å²) in [6.07, 6.45) is 3.68. The number of nitrogens with two attached hydrogens (primary N) is 1. The van der Waals surface area contributed by atoms with Crippen molar-refractivity contribution in [1.82, 2.24) is 4.90 Å². The summed E-state index contributed by atoms with van der Waals surface area (Å²) in [4.78, 5) is 13.6. The lowest BCUT2D eigenvalue weighted by molar-refractivity contribution is 0.0998. The maximum atomic E-state index is 11.3. The minimum Gasteiger partial charge on any atom is -0.508 e. The summed E-state index contributed by atoms with van der Waals surface area (Å²) in [5, 5.41) is 9.48. The van der Waals surface area contributed by atoms with Gasteiger partial charge >= 0.3 is 0 Å². The molecule has 1 fully saturated rings. The minimum absolute atomic E-state index is 0.182. The lowest BCUT2D eigenvalue weighted by Crippen LogP contribution is -2.30. The van der Waals surface area contributed by atoms with Gasteiger partial charge in [0.15, 0.2) is 0 Å². The van der Waals surface area contributed by atoms with Crippen LogP contribution in [0.1, 0.15) is 35.2 Å². The van der Waals surface area contributed by atoms with Crippen LogP contribution in [0, 0.1) is 0 Å². The molecule has 0 atom stereocenters. The Labute approximate surface area is 101 Å². The Balaban J connectivity index is 2.17. The molecule has 4 heteroatoms. The van der Waals surface area contributed by atoms with Gasteiger partial charge in [0.05, 0.1) is 0 Å². The molecule has 0 radical (unpaired) electrons. The third-order valence-electron chi connectivity index (χ3n) is 3.20. The Morgan fingerprint density at radius 1 is 1.29 bits per heavy atom. The van der Waals surface area contributed by atoms with Crippen LogP contribution in [0.4, 0.5) is 0 Å². The molecule has 17 heavy (non-hydrogen) atoms. The van der Waals surface area contributed by atoms with Crippen LogP contribution in [-0.4, -0.2) is 29.0 Å². The van der Waals surface area contributed by atoms with Gasteiger partial charge in [-0.25, -0.2) is 0 Å². The highest BCUT2D eigenvalue weighted by Crippen LogP contribution is 2.20. The van der Waals surface area contributed by atoms with Gasteiger partial charge in [-0.1, -0.05) is 6.42 Å². The number of primary amides is 1. The SMILES string of the molecule is NC(=O)c1ccc(O)cc1CN1CCCCC1. The van der Waals surface area contributed by atoms with Gasteiger partial charge in [0.1, 0.15) is 5.75 Å². The molecule has 1 aromatic rings. The molecule has 1 aliphatic rings. The van der Waals surface area contributed by atoms with E-state index in [0.29, 0.717) is 12.1 Å². The second kappa shape index (κ2) is 5.19. The number of amides is 1. The molecule has 1 aromatic carbocycles. The number of carbonyl (C=O) groups is 1. The average molecular weight is 234 g/mol. The lowest BCUT2D eigenvalue weighted by Gasteiger charge is -2.27. The van der Waals surface area contributed by atoms with Crippen molar-refractivity contribution in [2.45, 2.75) is 25.8 Å². The molecular weight excluding hydrogens is 216 g/mol. The number of rotatable bonds is 3. The van der Waals surface area contributed by atoms with E-state index in [4.69, 9.17) is 5.73 Å². The lowest BCUT2D eigenvalue weighted by atomic mass is 10.0. The average Bonchev–Trinajstić information content (AvgIpc) is 2.30. The highest BCUT2D eigenvalue weighted by molar-refractivity contribution is 5.94. The molecule has 0 saturated carbocycles. The normalized spacial score (nSPS) is 16.9. The molecule has 0 spiro atoms. The van der Waals surface area contributed by atoms with Gasteiger partial charge in [-0.15, -0.1) is 0 Å². The van der Waals surface area contributed by atoms with Gasteiger partial charge in [-0.3, -0.25) is 9.69 Å². The molecule has 2 rings (SSSR count). The smallest absolute Gasteiger partial charge is 0.249 e. The summed E-state index contributed by atoms with van der Waals surface area (Å²) in [6.45, 7) is 2.79. The van der Waals surface area contributed by atoms with Crippen molar-refractivity contribution in [1.29, 1.82) is 0 Å². The van der Waals surface area contributed by atoms with Crippen molar-refractivity contribution in [3.63, 3.8) is 0 Å². The van der Waals surface area contributed by atoms with Gasteiger partial charge < -0.3 is 10.8 Å². The molecule has 0 bridgehead atoms. The second-order valence-corrected chi connectivity index (χ2v) is 4.54. The van der Waals surface area contributed by atoms with Crippen LogP contribution in [0.2, 0.25) is 0 Å². The van der Waals surface area contributed by atoms with Gasteiger partial charge in [0.25, 0.3) is 0 Å². The number of aromatic hydroxyl groups is 1. The summed E-state index contributed by atoms with van der Waals surface area (Å²) in [7, 11) is 0. The van der Waals surface area contributed by atoms with Crippen molar-refractivity contribution in [2.75, 3.05) is 13.1 Å². The predicted molar refractivity (Wildman–Crippen MR) is 65.8 cm³/mol. The number of carbonyl (C=O) groups excluding carboxylic acids is 1. The van der Waals surface area contributed by atoms with Crippen molar-refractivity contribution >= 4 is 5.91 Å². The van der Waals surface area contributed by atoms with E-state index >= 15 is 0 Å². The van der Waals surface area contributed by atoms with Crippen LogP contribution in [-0.2, 0) is 6.54 Å². The largest absolute Gasteiger partial charge is 0.508 e. The summed E-state index contributed by atoms with van der Waals surface area (Å²) in [5.41, 5.74) is 6.66. The van der Waals surface area contributed by atoms with Crippen molar-refractivity contribution in [3.8, 4) is 5.75 Å². The van der Waals surface area contributed by atoms with E-state index in [9.17, 15) is 9.90 Å². The Morgan fingerprint density at radius 2 is 2.00 bits per heavy atom. The molecule has 0 aliphatic carbocycles. The number of benzene rings is 1. The Morgan fingerprint density at radius 3 is 2.65 bits per heavy atom. The van der Waals surface area contributed by atoms with E-state index < -0.39 is 5.91 Å². The summed E-state index contributed by atoms with van der Waals surface area (Å²) in [5.74, 6) is -0.251. The van der Waals surface area contributed by atoms with Crippen molar-refractivity contribution in [2.24, 2.45) is 5.73 Å². The van der Waals surface area contributed by atoms with E-state index in [2.05, 4.69) is 4.90 Å². The van der Waals surface area contributed by atoms with Crippen molar-refractivity contribution in [3.05, 3.63) is 29.3 Å². The topological polar surface area (TPSA) is 66.6 Å². The third kappa shape index (κ3) is 2.97. The van der Waals surface area contributed by atoms with Crippen LogP contribution in [0.5, 0.6) is 5.75 Å². The second-order valence-electron chi connectivity index (χ2n) is 4.54. The number of likely N-dealkylation sites (tertiary alicyclic amines) is 1. The molecule has 1 saturated heterocycles. The molecule has 1 aliphatic heterocycles. The molecule has 1 heterocycles. The monoisotopic (exact) mass is 234 g/mol. The Hall–Kier alpha value is -1.55. The fraction of sp³-hybridized carbons (Fsp3) is 0.462. The van der Waals surface area contributed by atoms with Gasteiger partial charge in [0.2, 0.25) is 5.91 Å². The maximum Gasteiger partial charge on any atom is 0.249 e. The third-order valence-corrected chi connectivity index (χ3v) is 3.20. The van der Waals surface area contributed by atoms with E-state index in [0.717, 1.165) is 18.7 Å². The maximum absolute atomic E-state index is 11.3. The number of phenolic OH excluding ortho intramolecular Hbond substituents is 1. The quantitative estimate of drug-likeness (QED) is 0.832. The first-order valence-corrected chi connectivity index (χ1v) is 6.01. The molecule has 3 N–H and O–H groups in total. The first kappa shape index (κ1) is 11.9. The zero-order valence-electron chi connectivity index (χ0n) is 9.85. The van der Waals surface area contributed by atoms with Crippen LogP contribution in [0.3, 0.4) is 0 Å². The fourth-order valence-electron chi connectivity index (χ4n) is 2.31. The zero-order valence-corrected chi connectivity index (χ0v) is 9.85. The van der Waals surface area contributed by atoms with Crippen LogP contribution >= 0.6 is 0 Å². The predicted octanol–water partition coefficient (Wildman–Crippen LogP) is 1.48. The first-order chi connectivity index (χ1) is 8.16.